The van der Waals surface area contributed by atoms with Crippen LogP contribution in [0.25, 0.3) is 0 Å². The highest BCUT2D eigenvalue weighted by molar-refractivity contribution is 5.97. The molecule has 0 aliphatic carbocycles. The molecule has 1 rings (SSSR count). The Morgan fingerprint density at radius 3 is 2.80 bits per heavy atom. The van der Waals surface area contributed by atoms with E-state index in [-0.39, 0.29) is 11.5 Å². The minimum Gasteiger partial charge on any atom is -0.390 e. The number of amides is 1. The third-order valence-corrected chi connectivity index (χ3v) is 2.21. The Morgan fingerprint density at radius 2 is 2.27 bits per heavy atom. The fraction of sp³-hybridized carbons (Fsp3) is 0.600. The Hall–Kier alpha value is -1.54. The van der Waals surface area contributed by atoms with E-state index in [1.54, 1.807) is 4.90 Å². The maximum atomic E-state index is 11.8. The first kappa shape index (κ1) is 11.5. The number of hydrogen-bond acceptors (Lipinski definition) is 4. The Labute approximate surface area is 89.7 Å². The van der Waals surface area contributed by atoms with Gasteiger partial charge in [-0.15, -0.1) is 0 Å². The largest absolute Gasteiger partial charge is 0.390 e. The molecule has 0 aromatic heterocycles. The summed E-state index contributed by atoms with van der Waals surface area (Å²) in [6, 6.07) is 1.92. The first-order valence-corrected chi connectivity index (χ1v) is 5.13. The maximum absolute atomic E-state index is 11.8. The van der Waals surface area contributed by atoms with Crippen molar-refractivity contribution in [3.05, 3.63) is 11.8 Å². The zero-order valence-electron chi connectivity index (χ0n) is 8.92. The summed E-state index contributed by atoms with van der Waals surface area (Å²) in [4.78, 5) is 13.5. The molecule has 1 saturated heterocycles. The van der Waals surface area contributed by atoms with Gasteiger partial charge in [0, 0.05) is 38.9 Å². The fourth-order valence-corrected chi connectivity index (χ4v) is 1.38. The summed E-state index contributed by atoms with van der Waals surface area (Å²) in [6.45, 7) is 5.56. The first-order chi connectivity index (χ1) is 7.29. The van der Waals surface area contributed by atoms with Crippen molar-refractivity contribution in [2.45, 2.75) is 6.92 Å². The predicted octanol–water partition coefficient (Wildman–Crippen LogP) is -0.565. The Morgan fingerprint density at radius 1 is 1.60 bits per heavy atom. The average Bonchev–Trinajstić information content (AvgIpc) is 2.31. The molecule has 82 valence electrons. The van der Waals surface area contributed by atoms with E-state index < -0.39 is 0 Å². The van der Waals surface area contributed by atoms with Gasteiger partial charge >= 0.3 is 0 Å². The molecule has 0 aromatic rings. The molecular formula is C10H16N4O. The predicted molar refractivity (Wildman–Crippen MR) is 56.8 cm³/mol. The van der Waals surface area contributed by atoms with Crippen LogP contribution < -0.4 is 10.6 Å². The molecule has 0 saturated carbocycles. The van der Waals surface area contributed by atoms with E-state index in [4.69, 9.17) is 5.26 Å². The number of hydrogen-bond donors (Lipinski definition) is 2. The monoisotopic (exact) mass is 208 g/mol. The lowest BCUT2D eigenvalue weighted by Gasteiger charge is -2.27. The molecule has 1 fully saturated rings. The van der Waals surface area contributed by atoms with Crippen LogP contribution in [-0.2, 0) is 4.79 Å². The SMILES string of the molecule is CCN/C=C(/C#N)C(=O)N1CCNCC1. The molecule has 1 aliphatic heterocycles. The average molecular weight is 208 g/mol. The van der Waals surface area contributed by atoms with Crippen LogP contribution in [0.1, 0.15) is 6.92 Å². The summed E-state index contributed by atoms with van der Waals surface area (Å²) in [5, 5.41) is 14.9. The van der Waals surface area contributed by atoms with Crippen LogP contribution in [0.15, 0.2) is 11.8 Å². The smallest absolute Gasteiger partial charge is 0.266 e. The van der Waals surface area contributed by atoms with Gasteiger partial charge in [0.05, 0.1) is 0 Å². The first-order valence-electron chi connectivity index (χ1n) is 5.13. The van der Waals surface area contributed by atoms with E-state index in [1.807, 2.05) is 13.0 Å². The van der Waals surface area contributed by atoms with Gasteiger partial charge in [-0.05, 0) is 6.92 Å². The highest BCUT2D eigenvalue weighted by atomic mass is 16.2. The molecule has 0 atom stereocenters. The summed E-state index contributed by atoms with van der Waals surface area (Å²) < 4.78 is 0. The number of nitriles is 1. The number of nitrogens with one attached hydrogen (secondary N) is 2. The number of carbonyl (C=O) groups excluding carboxylic acids is 1. The molecule has 15 heavy (non-hydrogen) atoms. The van der Waals surface area contributed by atoms with Gasteiger partial charge in [0.25, 0.3) is 5.91 Å². The van der Waals surface area contributed by atoms with Crippen molar-refractivity contribution in [3.8, 4) is 6.07 Å². The number of piperazine rings is 1. The van der Waals surface area contributed by atoms with Crippen LogP contribution in [0.3, 0.4) is 0 Å². The summed E-state index contributed by atoms with van der Waals surface area (Å²) in [5.41, 5.74) is 0.179. The minimum atomic E-state index is -0.181. The Bertz CT molecular complexity index is 286. The lowest BCUT2D eigenvalue weighted by Crippen LogP contribution is -2.46. The molecule has 0 radical (unpaired) electrons. The lowest BCUT2D eigenvalue weighted by atomic mass is 10.2. The van der Waals surface area contributed by atoms with Gasteiger partial charge in [-0.2, -0.15) is 5.26 Å². The van der Waals surface area contributed by atoms with Crippen molar-refractivity contribution in [1.82, 2.24) is 15.5 Å². The summed E-state index contributed by atoms with van der Waals surface area (Å²) >= 11 is 0. The van der Waals surface area contributed by atoms with E-state index in [0.717, 1.165) is 13.1 Å². The van der Waals surface area contributed by atoms with Crippen molar-refractivity contribution in [1.29, 1.82) is 5.26 Å². The van der Waals surface area contributed by atoms with E-state index in [9.17, 15) is 4.79 Å². The highest BCUT2D eigenvalue weighted by Gasteiger charge is 2.19. The molecule has 1 heterocycles. The number of rotatable bonds is 3. The molecule has 0 spiro atoms. The molecule has 1 amide bonds. The topological polar surface area (TPSA) is 68.2 Å². The summed E-state index contributed by atoms with van der Waals surface area (Å²) in [6.07, 6.45) is 1.49. The Balaban J connectivity index is 2.60. The van der Waals surface area contributed by atoms with Crippen LogP contribution in [0.2, 0.25) is 0 Å². The van der Waals surface area contributed by atoms with Gasteiger partial charge in [-0.25, -0.2) is 0 Å². The van der Waals surface area contributed by atoms with Crippen LogP contribution in [0, 0.1) is 11.3 Å². The van der Waals surface area contributed by atoms with Crippen molar-refractivity contribution in [2.24, 2.45) is 0 Å². The summed E-state index contributed by atoms with van der Waals surface area (Å²) in [7, 11) is 0. The third-order valence-electron chi connectivity index (χ3n) is 2.21. The molecule has 1 aliphatic rings. The van der Waals surface area contributed by atoms with Crippen LogP contribution in [0.5, 0.6) is 0 Å². The Kier molecular flexibility index (Phi) is 4.64. The van der Waals surface area contributed by atoms with Gasteiger partial charge < -0.3 is 15.5 Å². The molecule has 5 heteroatoms. The number of nitrogens with zero attached hydrogens (tertiary/aromatic N) is 2. The third kappa shape index (κ3) is 3.26. The molecule has 0 bridgehead atoms. The zero-order valence-corrected chi connectivity index (χ0v) is 8.92. The van der Waals surface area contributed by atoms with Crippen LogP contribution >= 0.6 is 0 Å². The van der Waals surface area contributed by atoms with E-state index >= 15 is 0 Å². The summed E-state index contributed by atoms with van der Waals surface area (Å²) in [5.74, 6) is -0.181. The van der Waals surface area contributed by atoms with E-state index in [1.165, 1.54) is 6.20 Å². The molecule has 2 N–H and O–H groups in total. The van der Waals surface area contributed by atoms with Crippen molar-refractivity contribution >= 4 is 5.91 Å². The molecular weight excluding hydrogens is 192 g/mol. The quantitative estimate of drug-likeness (QED) is 0.481. The minimum absolute atomic E-state index is 0.179. The second kappa shape index (κ2) is 6.04. The highest BCUT2D eigenvalue weighted by Crippen LogP contribution is 2.01. The van der Waals surface area contributed by atoms with Crippen molar-refractivity contribution < 1.29 is 4.79 Å². The second-order valence-electron chi connectivity index (χ2n) is 3.27. The van der Waals surface area contributed by atoms with Gasteiger partial charge in [-0.3, -0.25) is 4.79 Å². The van der Waals surface area contributed by atoms with Gasteiger partial charge in [0.2, 0.25) is 0 Å². The van der Waals surface area contributed by atoms with Crippen molar-refractivity contribution in [2.75, 3.05) is 32.7 Å². The van der Waals surface area contributed by atoms with Crippen LogP contribution in [-0.4, -0.2) is 43.5 Å². The van der Waals surface area contributed by atoms with Gasteiger partial charge in [0.1, 0.15) is 11.6 Å². The molecule has 0 unspecified atom stereocenters. The van der Waals surface area contributed by atoms with E-state index in [2.05, 4.69) is 10.6 Å². The normalized spacial score (nSPS) is 17.1. The molecule has 0 aromatic carbocycles. The second-order valence-corrected chi connectivity index (χ2v) is 3.27. The molecule has 5 nitrogen and oxygen atoms in total. The standard InChI is InChI=1S/C10H16N4O/c1-2-12-8-9(7-11)10(15)14-5-3-13-4-6-14/h8,12-13H,2-6H2,1H3/b9-8-. The van der Waals surface area contributed by atoms with Gasteiger partial charge in [0.15, 0.2) is 0 Å². The van der Waals surface area contributed by atoms with Crippen molar-refractivity contribution in [3.63, 3.8) is 0 Å². The van der Waals surface area contributed by atoms with Gasteiger partial charge in [-0.1, -0.05) is 0 Å². The van der Waals surface area contributed by atoms with Crippen LogP contribution in [0.4, 0.5) is 0 Å². The maximum Gasteiger partial charge on any atom is 0.266 e. The lowest BCUT2D eigenvalue weighted by molar-refractivity contribution is -0.127. The fourth-order valence-electron chi connectivity index (χ4n) is 1.38. The number of carbonyl (C=O) groups is 1. The zero-order chi connectivity index (χ0) is 11.1. The van der Waals surface area contributed by atoms with E-state index in [0.29, 0.717) is 19.6 Å².